The number of allylic oxidation sites excluding steroid dienone is 1. The van der Waals surface area contributed by atoms with E-state index in [4.69, 9.17) is 5.73 Å². The van der Waals surface area contributed by atoms with E-state index >= 15 is 0 Å². The lowest BCUT2D eigenvalue weighted by Gasteiger charge is -2.17. The molecule has 0 aromatic heterocycles. The van der Waals surface area contributed by atoms with Gasteiger partial charge in [0.25, 0.3) is 0 Å². The number of nitrogens with two attached hydrogens (primary N) is 1. The third-order valence-corrected chi connectivity index (χ3v) is 4.34. The monoisotopic (exact) mass is 234 g/mol. The molecule has 0 aromatic carbocycles. The molecule has 0 radical (unpaired) electrons. The molecule has 0 heterocycles. The highest BCUT2D eigenvalue weighted by molar-refractivity contribution is 8.08. The van der Waals surface area contributed by atoms with E-state index in [0.717, 1.165) is 12.4 Å². The van der Waals surface area contributed by atoms with Crippen LogP contribution < -0.4 is 5.73 Å². The summed E-state index contributed by atoms with van der Waals surface area (Å²) < 4.78 is 22.3. The van der Waals surface area contributed by atoms with Crippen LogP contribution in [0.5, 0.6) is 0 Å². The Bertz CT molecular complexity index is 361. The lowest BCUT2D eigenvalue weighted by atomic mass is 10.5. The number of nitrogens with zero attached hydrogens (tertiary/aromatic N) is 1. The number of rotatable bonds is 4. The van der Waals surface area contributed by atoms with E-state index in [9.17, 15) is 8.42 Å². The molecule has 14 heavy (non-hydrogen) atoms. The van der Waals surface area contributed by atoms with E-state index in [-0.39, 0.29) is 4.91 Å². The van der Waals surface area contributed by atoms with Gasteiger partial charge in [-0.1, -0.05) is 6.58 Å². The molecule has 0 bridgehead atoms. The first-order valence-corrected chi connectivity index (χ1v) is 5.73. The fourth-order valence-electron chi connectivity index (χ4n) is 0.617. The van der Waals surface area contributed by atoms with Gasteiger partial charge < -0.3 is 5.73 Å². The van der Waals surface area contributed by atoms with E-state index < -0.39 is 13.9 Å². The van der Waals surface area contributed by atoms with Gasteiger partial charge in [0.2, 0.25) is 0 Å². The molecule has 0 rings (SSSR count). The first-order valence-electron chi connectivity index (χ1n) is 3.80. The molecule has 0 atom stereocenters. The average Bonchev–Trinajstić information content (AvgIpc) is 2.03. The van der Waals surface area contributed by atoms with Crippen molar-refractivity contribution in [2.75, 3.05) is 0 Å². The first-order chi connectivity index (χ1) is 6.27. The molecule has 0 unspecified atom stereocenters. The highest BCUT2D eigenvalue weighted by Gasteiger charge is 2.32. The third kappa shape index (κ3) is 2.88. The second-order valence-electron chi connectivity index (χ2n) is 2.98. The fraction of sp³-hybridized carbons (Fsp3) is 0.375. The summed E-state index contributed by atoms with van der Waals surface area (Å²) in [5, 5.41) is 0. The van der Waals surface area contributed by atoms with Gasteiger partial charge in [-0.15, -0.1) is 0 Å². The summed E-state index contributed by atoms with van der Waals surface area (Å²) in [4.78, 5) is 3.53. The predicted octanol–water partition coefficient (Wildman–Crippen LogP) is 1.08. The molecule has 0 fully saturated rings. The van der Waals surface area contributed by atoms with Crippen molar-refractivity contribution < 1.29 is 8.42 Å². The smallest absolute Gasteiger partial charge is 0.195 e. The van der Waals surface area contributed by atoms with Crippen molar-refractivity contribution in [3.63, 3.8) is 0 Å². The quantitative estimate of drug-likeness (QED) is 0.565. The minimum absolute atomic E-state index is 0.0719. The second kappa shape index (κ2) is 4.65. The number of thiol groups is 1. The summed E-state index contributed by atoms with van der Waals surface area (Å²) in [7, 11) is -3.56. The minimum Gasteiger partial charge on any atom is -0.404 e. The Morgan fingerprint density at radius 2 is 2.07 bits per heavy atom. The number of hydrogen-bond donors (Lipinski definition) is 2. The van der Waals surface area contributed by atoms with Crippen molar-refractivity contribution in [1.29, 1.82) is 0 Å². The van der Waals surface area contributed by atoms with Crippen molar-refractivity contribution >= 4 is 28.7 Å². The SMILES string of the molecule is C=CN=C/C(=C\N)S(=O)(=O)C(C)(C)S. The Morgan fingerprint density at radius 3 is 2.36 bits per heavy atom. The number of hydrogen-bond acceptors (Lipinski definition) is 5. The van der Waals surface area contributed by atoms with E-state index in [0.29, 0.717) is 0 Å². The summed E-state index contributed by atoms with van der Waals surface area (Å²) in [6.07, 6.45) is 3.35. The van der Waals surface area contributed by atoms with Crippen LogP contribution in [0, 0.1) is 0 Å². The summed E-state index contributed by atoms with van der Waals surface area (Å²) in [6, 6.07) is 0. The predicted molar refractivity (Wildman–Crippen MR) is 62.9 cm³/mol. The molecule has 0 amide bonds. The lowest BCUT2D eigenvalue weighted by molar-refractivity contribution is 0.591. The van der Waals surface area contributed by atoms with Crippen LogP contribution in [0.3, 0.4) is 0 Å². The van der Waals surface area contributed by atoms with Crippen LogP contribution in [0.1, 0.15) is 13.8 Å². The standard InChI is InChI=1S/C8H14N2O2S2/c1-4-10-6-7(5-9)14(11,12)8(2,3)13/h4-6,13H,1,9H2,2-3H3/b7-5+,10-6?. The molecule has 0 saturated heterocycles. The zero-order valence-electron chi connectivity index (χ0n) is 8.14. The Morgan fingerprint density at radius 1 is 1.57 bits per heavy atom. The Kier molecular flexibility index (Phi) is 4.41. The van der Waals surface area contributed by atoms with Gasteiger partial charge in [-0.25, -0.2) is 8.42 Å². The maximum atomic E-state index is 11.7. The van der Waals surface area contributed by atoms with E-state index in [2.05, 4.69) is 24.2 Å². The average molecular weight is 234 g/mol. The molecular formula is C8H14N2O2S2. The third-order valence-electron chi connectivity index (χ3n) is 1.44. The molecule has 2 N–H and O–H groups in total. The van der Waals surface area contributed by atoms with Gasteiger partial charge in [0.1, 0.15) is 8.98 Å². The molecule has 0 aromatic rings. The van der Waals surface area contributed by atoms with Gasteiger partial charge >= 0.3 is 0 Å². The Balaban J connectivity index is 5.29. The number of sulfone groups is 1. The highest BCUT2D eigenvalue weighted by atomic mass is 32.2. The van der Waals surface area contributed by atoms with Crippen molar-refractivity contribution in [3.8, 4) is 0 Å². The lowest BCUT2D eigenvalue weighted by Crippen LogP contribution is -2.27. The normalized spacial score (nSPS) is 14.6. The topological polar surface area (TPSA) is 72.5 Å². The van der Waals surface area contributed by atoms with E-state index in [1.54, 1.807) is 0 Å². The van der Waals surface area contributed by atoms with Gasteiger partial charge in [-0.3, -0.25) is 4.99 Å². The molecule has 0 aliphatic rings. The molecule has 0 aliphatic heterocycles. The van der Waals surface area contributed by atoms with Gasteiger partial charge in [0, 0.05) is 18.6 Å². The zero-order chi connectivity index (χ0) is 11.4. The number of aliphatic imine (C=N–C) groups is 1. The van der Waals surface area contributed by atoms with Crippen molar-refractivity contribution in [1.82, 2.24) is 0 Å². The molecular weight excluding hydrogens is 220 g/mol. The fourth-order valence-corrected chi connectivity index (χ4v) is 1.89. The molecule has 0 spiro atoms. The largest absolute Gasteiger partial charge is 0.404 e. The molecule has 4 nitrogen and oxygen atoms in total. The van der Waals surface area contributed by atoms with Crippen LogP contribution in [-0.4, -0.2) is 18.7 Å². The van der Waals surface area contributed by atoms with Gasteiger partial charge in [0.05, 0.1) is 0 Å². The van der Waals surface area contributed by atoms with Crippen LogP contribution in [0.2, 0.25) is 0 Å². The zero-order valence-corrected chi connectivity index (χ0v) is 9.85. The van der Waals surface area contributed by atoms with Gasteiger partial charge in [-0.05, 0) is 13.8 Å². The Labute approximate surface area is 89.9 Å². The van der Waals surface area contributed by atoms with Crippen molar-refractivity contribution in [3.05, 3.63) is 23.9 Å². The van der Waals surface area contributed by atoms with Crippen LogP contribution in [0.15, 0.2) is 28.9 Å². The molecule has 0 saturated carbocycles. The van der Waals surface area contributed by atoms with Gasteiger partial charge in [-0.2, -0.15) is 12.6 Å². The van der Waals surface area contributed by atoms with Crippen LogP contribution >= 0.6 is 12.6 Å². The van der Waals surface area contributed by atoms with E-state index in [1.807, 2.05) is 0 Å². The van der Waals surface area contributed by atoms with Crippen LogP contribution in [0.25, 0.3) is 0 Å². The van der Waals surface area contributed by atoms with Crippen LogP contribution in [-0.2, 0) is 9.84 Å². The summed E-state index contributed by atoms with van der Waals surface area (Å²) in [6.45, 7) is 6.27. The summed E-state index contributed by atoms with van der Waals surface area (Å²) in [5.41, 5.74) is 5.20. The highest BCUT2D eigenvalue weighted by Crippen LogP contribution is 2.26. The summed E-state index contributed by atoms with van der Waals surface area (Å²) in [5.74, 6) is 0. The maximum Gasteiger partial charge on any atom is 0.195 e. The summed E-state index contributed by atoms with van der Waals surface area (Å²) >= 11 is 3.98. The molecule has 80 valence electrons. The first kappa shape index (κ1) is 13.2. The van der Waals surface area contributed by atoms with E-state index in [1.165, 1.54) is 20.0 Å². The minimum atomic E-state index is -3.56. The van der Waals surface area contributed by atoms with Crippen molar-refractivity contribution in [2.45, 2.75) is 17.9 Å². The molecule has 0 aliphatic carbocycles. The second-order valence-corrected chi connectivity index (χ2v) is 6.90. The van der Waals surface area contributed by atoms with Crippen molar-refractivity contribution in [2.24, 2.45) is 10.7 Å². The van der Waals surface area contributed by atoms with Gasteiger partial charge in [0.15, 0.2) is 9.84 Å². The Hall–Kier alpha value is -0.750. The molecule has 6 heteroatoms. The van der Waals surface area contributed by atoms with Crippen LogP contribution in [0.4, 0.5) is 0 Å². The maximum absolute atomic E-state index is 11.7.